The van der Waals surface area contributed by atoms with E-state index in [4.69, 9.17) is 0 Å². The quantitative estimate of drug-likeness (QED) is 0.891. The molecule has 1 fully saturated rings. The molecule has 0 saturated carbocycles. The fourth-order valence-corrected chi connectivity index (χ4v) is 2.92. The minimum atomic E-state index is -4.66. The van der Waals surface area contributed by atoms with Gasteiger partial charge in [0.05, 0.1) is 6.04 Å². The van der Waals surface area contributed by atoms with Crippen LogP contribution >= 0.6 is 12.4 Å². The first-order chi connectivity index (χ1) is 11.4. The predicted octanol–water partition coefficient (Wildman–Crippen LogP) is 2.89. The van der Waals surface area contributed by atoms with E-state index in [1.165, 1.54) is 12.1 Å². The predicted molar refractivity (Wildman–Crippen MR) is 89.6 cm³/mol. The Morgan fingerprint density at radius 2 is 2.00 bits per heavy atom. The molecular formula is C16H20ClF3N4O. The average Bonchev–Trinajstić information content (AvgIpc) is 2.94. The topological polar surface area (TPSA) is 42.3 Å². The highest BCUT2D eigenvalue weighted by molar-refractivity contribution is 5.85. The second-order valence-electron chi connectivity index (χ2n) is 5.78. The van der Waals surface area contributed by atoms with E-state index in [2.05, 4.69) is 19.9 Å². The smallest absolute Gasteiger partial charge is 0.406 e. The first kappa shape index (κ1) is 19.6. The van der Waals surface area contributed by atoms with Crippen molar-refractivity contribution < 1.29 is 17.9 Å². The summed E-state index contributed by atoms with van der Waals surface area (Å²) in [6.07, 6.45) is -0.986. The highest BCUT2D eigenvalue weighted by Crippen LogP contribution is 2.25. The molecule has 5 nitrogen and oxygen atoms in total. The number of ether oxygens (including phenoxy) is 1. The number of halogens is 4. The van der Waals surface area contributed by atoms with Gasteiger partial charge in [-0.3, -0.25) is 4.90 Å². The van der Waals surface area contributed by atoms with Crippen LogP contribution in [0.3, 0.4) is 0 Å². The van der Waals surface area contributed by atoms with Gasteiger partial charge in [0.1, 0.15) is 11.6 Å². The van der Waals surface area contributed by atoms with Gasteiger partial charge in [-0.25, -0.2) is 4.98 Å². The molecule has 1 aromatic carbocycles. The third-order valence-electron chi connectivity index (χ3n) is 4.05. The van der Waals surface area contributed by atoms with Gasteiger partial charge in [0, 0.05) is 45.6 Å². The number of aryl methyl sites for hydroxylation is 1. The summed E-state index contributed by atoms with van der Waals surface area (Å²) in [4.78, 5) is 6.70. The molecule has 1 aliphatic heterocycles. The summed E-state index contributed by atoms with van der Waals surface area (Å²) in [6.45, 7) is 3.15. The minimum Gasteiger partial charge on any atom is -0.406 e. The number of aromatic nitrogens is 2. The van der Waals surface area contributed by atoms with Crippen molar-refractivity contribution in [2.75, 3.05) is 19.6 Å². The van der Waals surface area contributed by atoms with Gasteiger partial charge in [-0.2, -0.15) is 0 Å². The molecule has 25 heavy (non-hydrogen) atoms. The van der Waals surface area contributed by atoms with Crippen LogP contribution in [0.15, 0.2) is 36.7 Å². The lowest BCUT2D eigenvalue weighted by atomic mass is 10.1. The van der Waals surface area contributed by atoms with Gasteiger partial charge >= 0.3 is 6.36 Å². The van der Waals surface area contributed by atoms with Gasteiger partial charge in [-0.1, -0.05) is 12.1 Å². The summed E-state index contributed by atoms with van der Waals surface area (Å²) in [6, 6.07) is 6.16. The Hall–Kier alpha value is -1.77. The molecule has 9 heteroatoms. The molecule has 0 aliphatic carbocycles. The van der Waals surface area contributed by atoms with Crippen LogP contribution in [0.5, 0.6) is 5.75 Å². The Morgan fingerprint density at radius 1 is 1.28 bits per heavy atom. The molecule has 2 heterocycles. The Morgan fingerprint density at radius 3 is 2.60 bits per heavy atom. The molecule has 1 N–H and O–H groups in total. The summed E-state index contributed by atoms with van der Waals surface area (Å²) in [5.74, 6) is 0.770. The normalized spacial score (nSPS) is 18.6. The molecular weight excluding hydrogens is 357 g/mol. The van der Waals surface area contributed by atoms with Crippen molar-refractivity contribution in [1.29, 1.82) is 0 Å². The molecule has 0 amide bonds. The van der Waals surface area contributed by atoms with Gasteiger partial charge < -0.3 is 14.6 Å². The lowest BCUT2D eigenvalue weighted by molar-refractivity contribution is -0.274. The molecule has 1 unspecified atom stereocenters. The third-order valence-corrected chi connectivity index (χ3v) is 4.05. The van der Waals surface area contributed by atoms with Crippen LogP contribution in [-0.4, -0.2) is 40.4 Å². The van der Waals surface area contributed by atoms with Crippen LogP contribution in [0.25, 0.3) is 0 Å². The van der Waals surface area contributed by atoms with Crippen LogP contribution in [-0.2, 0) is 13.6 Å². The summed E-state index contributed by atoms with van der Waals surface area (Å²) in [5, 5.41) is 3.36. The summed E-state index contributed by atoms with van der Waals surface area (Å²) in [7, 11) is 1.96. The SMILES string of the molecule is Cl.Cn1ccnc1C1CNCCN1Cc1ccc(OC(F)(F)F)cc1. The second kappa shape index (κ2) is 8.07. The number of benzene rings is 1. The first-order valence-electron chi connectivity index (χ1n) is 7.69. The Kier molecular flexibility index (Phi) is 6.31. The number of imidazole rings is 1. The van der Waals surface area contributed by atoms with Crippen LogP contribution in [0.4, 0.5) is 13.2 Å². The largest absolute Gasteiger partial charge is 0.573 e. The van der Waals surface area contributed by atoms with Crippen molar-refractivity contribution in [3.8, 4) is 5.75 Å². The molecule has 3 rings (SSSR count). The third kappa shape index (κ3) is 5.10. The summed E-state index contributed by atoms with van der Waals surface area (Å²) in [5.41, 5.74) is 0.936. The van der Waals surface area contributed by atoms with E-state index in [1.54, 1.807) is 18.3 Å². The lowest BCUT2D eigenvalue weighted by Crippen LogP contribution is -2.46. The average molecular weight is 377 g/mol. The van der Waals surface area contributed by atoms with E-state index in [1.807, 2.05) is 17.8 Å². The molecule has 0 bridgehead atoms. The Labute approximate surface area is 150 Å². The molecule has 1 atom stereocenters. The van der Waals surface area contributed by atoms with Gasteiger partial charge in [0.15, 0.2) is 0 Å². The summed E-state index contributed by atoms with van der Waals surface area (Å²) >= 11 is 0. The van der Waals surface area contributed by atoms with E-state index < -0.39 is 6.36 Å². The molecule has 0 radical (unpaired) electrons. The zero-order valence-electron chi connectivity index (χ0n) is 13.7. The number of alkyl halides is 3. The molecule has 138 valence electrons. The molecule has 1 aliphatic rings. The highest BCUT2D eigenvalue weighted by atomic mass is 35.5. The number of piperazine rings is 1. The fourth-order valence-electron chi connectivity index (χ4n) is 2.92. The highest BCUT2D eigenvalue weighted by Gasteiger charge is 2.31. The van der Waals surface area contributed by atoms with Gasteiger partial charge in [0.25, 0.3) is 0 Å². The van der Waals surface area contributed by atoms with Crippen molar-refractivity contribution in [1.82, 2.24) is 19.8 Å². The van der Waals surface area contributed by atoms with Gasteiger partial charge in [0.2, 0.25) is 0 Å². The van der Waals surface area contributed by atoms with E-state index in [0.717, 1.165) is 31.0 Å². The van der Waals surface area contributed by atoms with Crippen LogP contribution in [0.1, 0.15) is 17.4 Å². The second-order valence-corrected chi connectivity index (χ2v) is 5.78. The first-order valence-corrected chi connectivity index (χ1v) is 7.69. The molecule has 2 aromatic rings. The van der Waals surface area contributed by atoms with E-state index in [-0.39, 0.29) is 24.2 Å². The summed E-state index contributed by atoms with van der Waals surface area (Å²) < 4.78 is 42.5. The van der Waals surface area contributed by atoms with E-state index in [0.29, 0.717) is 6.54 Å². The van der Waals surface area contributed by atoms with Crippen molar-refractivity contribution >= 4 is 12.4 Å². The monoisotopic (exact) mass is 376 g/mol. The number of hydrogen-bond donors (Lipinski definition) is 1. The number of nitrogens with zero attached hydrogens (tertiary/aromatic N) is 3. The van der Waals surface area contributed by atoms with Crippen LogP contribution in [0.2, 0.25) is 0 Å². The maximum absolute atomic E-state index is 12.2. The van der Waals surface area contributed by atoms with Gasteiger partial charge in [-0.05, 0) is 17.7 Å². The van der Waals surface area contributed by atoms with Crippen LogP contribution < -0.4 is 10.1 Å². The standard InChI is InChI=1S/C16H19F3N4O.ClH/c1-22-8-7-21-15(22)14-10-20-6-9-23(14)11-12-2-4-13(5-3-12)24-16(17,18)19;/h2-5,7-8,14,20H,6,9-11H2,1H3;1H. The van der Waals surface area contributed by atoms with Crippen molar-refractivity contribution in [3.63, 3.8) is 0 Å². The Bertz CT molecular complexity index is 675. The number of nitrogens with one attached hydrogen (secondary N) is 1. The molecule has 0 spiro atoms. The van der Waals surface area contributed by atoms with Crippen molar-refractivity contribution in [2.45, 2.75) is 18.9 Å². The van der Waals surface area contributed by atoms with Crippen molar-refractivity contribution in [2.24, 2.45) is 7.05 Å². The van der Waals surface area contributed by atoms with E-state index in [9.17, 15) is 13.2 Å². The zero-order valence-corrected chi connectivity index (χ0v) is 14.5. The lowest BCUT2D eigenvalue weighted by Gasteiger charge is -2.35. The Balaban J connectivity index is 0.00000225. The number of hydrogen-bond acceptors (Lipinski definition) is 4. The maximum atomic E-state index is 12.2. The van der Waals surface area contributed by atoms with Crippen molar-refractivity contribution in [3.05, 3.63) is 48.0 Å². The van der Waals surface area contributed by atoms with Gasteiger partial charge in [-0.15, -0.1) is 25.6 Å². The van der Waals surface area contributed by atoms with E-state index >= 15 is 0 Å². The molecule has 1 aromatic heterocycles. The fraction of sp³-hybridized carbons (Fsp3) is 0.438. The van der Waals surface area contributed by atoms with Crippen LogP contribution in [0, 0.1) is 0 Å². The minimum absolute atomic E-state index is 0. The maximum Gasteiger partial charge on any atom is 0.573 e. The zero-order chi connectivity index (χ0) is 17.2. The number of rotatable bonds is 4. The molecule has 1 saturated heterocycles.